The Morgan fingerprint density at radius 1 is 1.30 bits per heavy atom. The third-order valence-corrected chi connectivity index (χ3v) is 5.71. The van der Waals surface area contributed by atoms with Crippen LogP contribution in [0, 0.1) is 0 Å². The van der Waals surface area contributed by atoms with E-state index in [9.17, 15) is 0 Å². The number of thiazole rings is 1. The summed E-state index contributed by atoms with van der Waals surface area (Å²) in [5.74, 6) is 1.88. The molecule has 0 radical (unpaired) electrons. The normalized spacial score (nSPS) is 14.0. The van der Waals surface area contributed by atoms with Gasteiger partial charge in [0.15, 0.2) is 5.96 Å². The van der Waals surface area contributed by atoms with Gasteiger partial charge < -0.3 is 15.4 Å². The summed E-state index contributed by atoms with van der Waals surface area (Å²) in [7, 11) is 0. The molecule has 27 heavy (non-hydrogen) atoms. The maximum absolute atomic E-state index is 5.57. The van der Waals surface area contributed by atoms with Crippen molar-refractivity contribution >= 4 is 17.3 Å². The van der Waals surface area contributed by atoms with Crippen LogP contribution in [0.1, 0.15) is 49.5 Å². The monoisotopic (exact) mass is 386 g/mol. The van der Waals surface area contributed by atoms with E-state index in [2.05, 4.69) is 66.9 Å². The van der Waals surface area contributed by atoms with Crippen LogP contribution in [0.25, 0.3) is 0 Å². The average molecular weight is 387 g/mol. The molecule has 2 aromatic rings. The number of aliphatic imine (C=N–C) groups is 1. The van der Waals surface area contributed by atoms with Crippen LogP contribution in [0.2, 0.25) is 0 Å². The van der Waals surface area contributed by atoms with Gasteiger partial charge in [-0.15, -0.1) is 11.3 Å². The van der Waals surface area contributed by atoms with Crippen LogP contribution in [0.15, 0.2) is 28.6 Å². The predicted octanol–water partition coefficient (Wildman–Crippen LogP) is 3.67. The standard InChI is InChI=1S/C21H30N4OS/c1-5-22-20(24-13-17-14-27-19(25-17)21(2,3)4)23-10-8-15-6-7-18-16(12-15)9-11-26-18/h6-7,12,14H,5,8-11,13H2,1-4H3,(H2,22,23,24). The summed E-state index contributed by atoms with van der Waals surface area (Å²) in [6, 6.07) is 6.50. The number of hydrogen-bond donors (Lipinski definition) is 2. The van der Waals surface area contributed by atoms with Gasteiger partial charge in [-0.25, -0.2) is 9.98 Å². The summed E-state index contributed by atoms with van der Waals surface area (Å²) in [6.07, 6.45) is 1.98. The molecule has 0 unspecified atom stereocenters. The molecule has 0 fully saturated rings. The molecule has 0 spiro atoms. The summed E-state index contributed by atoms with van der Waals surface area (Å²) in [6.45, 7) is 11.7. The van der Waals surface area contributed by atoms with E-state index >= 15 is 0 Å². The van der Waals surface area contributed by atoms with Crippen LogP contribution in [0.4, 0.5) is 0 Å². The number of aromatic nitrogens is 1. The van der Waals surface area contributed by atoms with E-state index < -0.39 is 0 Å². The van der Waals surface area contributed by atoms with Gasteiger partial charge in [-0.3, -0.25) is 0 Å². The first-order valence-electron chi connectivity index (χ1n) is 9.67. The molecule has 2 heterocycles. The van der Waals surface area contributed by atoms with Gasteiger partial charge in [0, 0.05) is 30.3 Å². The Morgan fingerprint density at radius 3 is 2.89 bits per heavy atom. The van der Waals surface area contributed by atoms with E-state index in [0.29, 0.717) is 6.54 Å². The lowest BCUT2D eigenvalue weighted by Gasteiger charge is -2.13. The molecule has 1 aliphatic heterocycles. The smallest absolute Gasteiger partial charge is 0.191 e. The average Bonchev–Trinajstić information content (AvgIpc) is 3.28. The maximum Gasteiger partial charge on any atom is 0.191 e. The van der Waals surface area contributed by atoms with Gasteiger partial charge in [-0.2, -0.15) is 0 Å². The maximum atomic E-state index is 5.57. The fourth-order valence-electron chi connectivity index (χ4n) is 2.95. The summed E-state index contributed by atoms with van der Waals surface area (Å²) in [4.78, 5) is 9.41. The molecule has 146 valence electrons. The molecule has 6 heteroatoms. The number of ether oxygens (including phenoxy) is 1. The Bertz CT molecular complexity index is 792. The third-order valence-electron chi connectivity index (χ3n) is 4.40. The van der Waals surface area contributed by atoms with Crippen molar-refractivity contribution in [2.45, 2.75) is 52.5 Å². The number of guanidine groups is 1. The van der Waals surface area contributed by atoms with E-state index in [1.807, 2.05) is 0 Å². The van der Waals surface area contributed by atoms with Gasteiger partial charge >= 0.3 is 0 Å². The number of benzene rings is 1. The van der Waals surface area contributed by atoms with Crippen LogP contribution in [0.5, 0.6) is 5.75 Å². The van der Waals surface area contributed by atoms with Crippen LogP contribution in [-0.2, 0) is 24.8 Å². The molecular weight excluding hydrogens is 356 g/mol. The summed E-state index contributed by atoms with van der Waals surface area (Å²) in [5.41, 5.74) is 3.78. The molecule has 3 rings (SSSR count). The second-order valence-electron chi connectivity index (χ2n) is 7.81. The Balaban J connectivity index is 1.54. The Labute approximate surface area is 166 Å². The molecule has 0 bridgehead atoms. The Hall–Kier alpha value is -2.08. The van der Waals surface area contributed by atoms with Crippen molar-refractivity contribution in [1.82, 2.24) is 15.6 Å². The topological polar surface area (TPSA) is 58.5 Å². The largest absolute Gasteiger partial charge is 0.493 e. The molecule has 0 saturated heterocycles. The minimum absolute atomic E-state index is 0.0935. The third kappa shape index (κ3) is 5.45. The van der Waals surface area contributed by atoms with Crippen LogP contribution < -0.4 is 15.4 Å². The van der Waals surface area contributed by atoms with Crippen molar-refractivity contribution in [1.29, 1.82) is 0 Å². The molecule has 1 aromatic carbocycles. The molecule has 0 saturated carbocycles. The molecule has 0 atom stereocenters. The first-order chi connectivity index (χ1) is 13.0. The second kappa shape index (κ2) is 8.74. The highest BCUT2D eigenvalue weighted by Gasteiger charge is 2.17. The SMILES string of the molecule is CCNC(=NCc1csc(C(C)(C)C)n1)NCCc1ccc2c(c1)CCO2. The number of hydrogen-bond acceptors (Lipinski definition) is 4. The van der Waals surface area contributed by atoms with Gasteiger partial charge in [0.05, 0.1) is 23.9 Å². The summed E-state index contributed by atoms with van der Waals surface area (Å²) >= 11 is 1.71. The lowest BCUT2D eigenvalue weighted by molar-refractivity contribution is 0.357. The molecule has 2 N–H and O–H groups in total. The fraction of sp³-hybridized carbons (Fsp3) is 0.524. The zero-order valence-corrected chi connectivity index (χ0v) is 17.6. The highest BCUT2D eigenvalue weighted by molar-refractivity contribution is 7.09. The fourth-order valence-corrected chi connectivity index (χ4v) is 3.84. The first kappa shape index (κ1) is 19.7. The van der Waals surface area contributed by atoms with Crippen LogP contribution >= 0.6 is 11.3 Å². The number of nitrogens with one attached hydrogen (secondary N) is 2. The van der Waals surface area contributed by atoms with Crippen LogP contribution in [-0.4, -0.2) is 30.6 Å². The van der Waals surface area contributed by atoms with Crippen molar-refractivity contribution in [2.24, 2.45) is 4.99 Å². The summed E-state index contributed by atoms with van der Waals surface area (Å²) < 4.78 is 5.57. The van der Waals surface area contributed by atoms with Crippen molar-refractivity contribution in [3.05, 3.63) is 45.4 Å². The molecule has 0 aliphatic carbocycles. The van der Waals surface area contributed by atoms with Crippen LogP contribution in [0.3, 0.4) is 0 Å². The first-order valence-corrected chi connectivity index (χ1v) is 10.6. The number of fused-ring (bicyclic) bond motifs is 1. The van der Waals surface area contributed by atoms with Crippen molar-refractivity contribution in [2.75, 3.05) is 19.7 Å². The molecule has 0 amide bonds. The molecule has 5 nitrogen and oxygen atoms in total. The quantitative estimate of drug-likeness (QED) is 0.587. The lowest BCUT2D eigenvalue weighted by Crippen LogP contribution is -2.38. The van der Waals surface area contributed by atoms with E-state index in [4.69, 9.17) is 9.72 Å². The van der Waals surface area contributed by atoms with Gasteiger partial charge in [0.25, 0.3) is 0 Å². The van der Waals surface area contributed by atoms with Crippen molar-refractivity contribution in [3.8, 4) is 5.75 Å². The van der Waals surface area contributed by atoms with E-state index in [-0.39, 0.29) is 5.41 Å². The van der Waals surface area contributed by atoms with E-state index in [1.54, 1.807) is 11.3 Å². The Morgan fingerprint density at radius 2 is 2.15 bits per heavy atom. The minimum atomic E-state index is 0.0935. The molecular formula is C21H30N4OS. The van der Waals surface area contributed by atoms with Gasteiger partial charge in [0.1, 0.15) is 5.75 Å². The highest BCUT2D eigenvalue weighted by Crippen LogP contribution is 2.26. The van der Waals surface area contributed by atoms with Crippen molar-refractivity contribution < 1.29 is 4.74 Å². The lowest BCUT2D eigenvalue weighted by atomic mass is 9.98. The number of rotatable bonds is 6. The molecule has 1 aromatic heterocycles. The molecule has 1 aliphatic rings. The van der Waals surface area contributed by atoms with Gasteiger partial charge in [0.2, 0.25) is 0 Å². The van der Waals surface area contributed by atoms with Gasteiger partial charge in [-0.1, -0.05) is 32.9 Å². The predicted molar refractivity (Wildman–Crippen MR) is 113 cm³/mol. The summed E-state index contributed by atoms with van der Waals surface area (Å²) in [5, 5.41) is 10.0. The highest BCUT2D eigenvalue weighted by atomic mass is 32.1. The number of nitrogens with zero attached hydrogens (tertiary/aromatic N) is 2. The second-order valence-corrected chi connectivity index (χ2v) is 8.66. The van der Waals surface area contributed by atoms with E-state index in [1.165, 1.54) is 11.1 Å². The minimum Gasteiger partial charge on any atom is -0.493 e. The zero-order valence-electron chi connectivity index (χ0n) is 16.8. The zero-order chi connectivity index (χ0) is 19.3. The Kier molecular flexibility index (Phi) is 6.37. The van der Waals surface area contributed by atoms with Gasteiger partial charge in [-0.05, 0) is 30.5 Å². The van der Waals surface area contributed by atoms with E-state index in [0.717, 1.165) is 54.9 Å². The van der Waals surface area contributed by atoms with Crippen molar-refractivity contribution in [3.63, 3.8) is 0 Å².